The Balaban J connectivity index is 2.22. The standard InChI is InChI=1S/C14H18N2O2S/c15-13(19)10-18-12-7-4-3-6-11(12)16-9-5-1-2-8-14(16)17/h3-4,6-7H,1-2,5,8-10H2,(H2,15,19). The van der Waals surface area contributed by atoms with Gasteiger partial charge in [-0.2, -0.15) is 0 Å². The number of rotatable bonds is 4. The quantitative estimate of drug-likeness (QED) is 0.858. The van der Waals surface area contributed by atoms with Crippen LogP contribution in [0.5, 0.6) is 5.75 Å². The number of nitrogens with two attached hydrogens (primary N) is 1. The van der Waals surface area contributed by atoms with Crippen molar-refractivity contribution in [1.82, 2.24) is 0 Å². The maximum atomic E-state index is 12.1. The number of hydrogen-bond acceptors (Lipinski definition) is 3. The van der Waals surface area contributed by atoms with Crippen molar-refractivity contribution in [2.75, 3.05) is 18.1 Å². The zero-order valence-electron chi connectivity index (χ0n) is 10.8. The van der Waals surface area contributed by atoms with Crippen molar-refractivity contribution in [3.05, 3.63) is 24.3 Å². The van der Waals surface area contributed by atoms with E-state index in [4.69, 9.17) is 22.7 Å². The average molecular weight is 278 g/mol. The Hall–Kier alpha value is -1.62. The first-order valence-corrected chi connectivity index (χ1v) is 6.90. The van der Waals surface area contributed by atoms with Gasteiger partial charge < -0.3 is 15.4 Å². The molecule has 0 unspecified atom stereocenters. The lowest BCUT2D eigenvalue weighted by Gasteiger charge is -2.23. The summed E-state index contributed by atoms with van der Waals surface area (Å²) in [4.78, 5) is 14.2. The third kappa shape index (κ3) is 3.67. The Kier molecular flexibility index (Phi) is 4.74. The molecule has 0 atom stereocenters. The summed E-state index contributed by atoms with van der Waals surface area (Å²) in [7, 11) is 0. The van der Waals surface area contributed by atoms with E-state index in [0.29, 0.717) is 17.2 Å². The maximum absolute atomic E-state index is 12.1. The van der Waals surface area contributed by atoms with E-state index in [-0.39, 0.29) is 12.5 Å². The summed E-state index contributed by atoms with van der Waals surface area (Å²) in [6.45, 7) is 0.931. The number of carbonyl (C=O) groups excluding carboxylic acids is 1. The van der Waals surface area contributed by atoms with Crippen LogP contribution in [0.2, 0.25) is 0 Å². The van der Waals surface area contributed by atoms with Crippen LogP contribution in [-0.2, 0) is 4.79 Å². The summed E-state index contributed by atoms with van der Waals surface area (Å²) < 4.78 is 5.58. The molecule has 1 aliphatic heterocycles. The molecule has 1 saturated heterocycles. The zero-order valence-corrected chi connectivity index (χ0v) is 11.6. The van der Waals surface area contributed by atoms with Gasteiger partial charge in [-0.1, -0.05) is 30.8 Å². The number of thiocarbonyl (C=S) groups is 1. The Morgan fingerprint density at radius 3 is 2.89 bits per heavy atom. The number of benzene rings is 1. The topological polar surface area (TPSA) is 55.6 Å². The lowest BCUT2D eigenvalue weighted by molar-refractivity contribution is -0.118. The second-order valence-corrected chi connectivity index (χ2v) is 5.10. The molecule has 19 heavy (non-hydrogen) atoms. The lowest BCUT2D eigenvalue weighted by atomic mass is 10.2. The molecule has 0 saturated carbocycles. The van der Waals surface area contributed by atoms with Crippen molar-refractivity contribution >= 4 is 28.8 Å². The number of anilines is 1. The molecule has 1 aliphatic rings. The third-order valence-corrected chi connectivity index (χ3v) is 3.22. The number of nitrogens with zero attached hydrogens (tertiary/aromatic N) is 1. The highest BCUT2D eigenvalue weighted by Crippen LogP contribution is 2.30. The molecule has 0 aliphatic carbocycles. The molecular formula is C14H18N2O2S. The molecule has 1 amide bonds. The third-order valence-electron chi connectivity index (χ3n) is 3.10. The Labute approximate surface area is 118 Å². The van der Waals surface area contributed by atoms with E-state index in [1.165, 1.54) is 0 Å². The maximum Gasteiger partial charge on any atom is 0.227 e. The SMILES string of the molecule is NC(=S)COc1ccccc1N1CCCCCC1=O. The van der Waals surface area contributed by atoms with Crippen molar-refractivity contribution in [3.63, 3.8) is 0 Å². The summed E-state index contributed by atoms with van der Waals surface area (Å²) in [5, 5.41) is 0. The van der Waals surface area contributed by atoms with Crippen LogP contribution in [0.4, 0.5) is 5.69 Å². The summed E-state index contributed by atoms with van der Waals surface area (Å²) in [6.07, 6.45) is 3.68. The molecule has 0 radical (unpaired) electrons. The Morgan fingerprint density at radius 2 is 2.11 bits per heavy atom. The van der Waals surface area contributed by atoms with Gasteiger partial charge in [-0.25, -0.2) is 0 Å². The van der Waals surface area contributed by atoms with Crippen molar-refractivity contribution < 1.29 is 9.53 Å². The first-order valence-electron chi connectivity index (χ1n) is 6.49. The predicted octanol–water partition coefficient (Wildman–Crippen LogP) is 2.26. The van der Waals surface area contributed by atoms with E-state index in [1.807, 2.05) is 29.2 Å². The van der Waals surface area contributed by atoms with Crippen molar-refractivity contribution in [3.8, 4) is 5.75 Å². The van der Waals surface area contributed by atoms with Gasteiger partial charge in [-0.3, -0.25) is 4.79 Å². The fourth-order valence-electron chi connectivity index (χ4n) is 2.19. The molecule has 5 heteroatoms. The molecule has 2 rings (SSSR count). The van der Waals surface area contributed by atoms with Crippen molar-refractivity contribution in [1.29, 1.82) is 0 Å². The average Bonchev–Trinajstić information content (AvgIpc) is 2.61. The van der Waals surface area contributed by atoms with Crippen LogP contribution in [0, 0.1) is 0 Å². The normalized spacial score (nSPS) is 16.0. The van der Waals surface area contributed by atoms with Crippen LogP contribution in [0.15, 0.2) is 24.3 Å². The van der Waals surface area contributed by atoms with E-state index in [0.717, 1.165) is 31.5 Å². The minimum atomic E-state index is 0.156. The molecule has 1 heterocycles. The molecule has 1 fully saturated rings. The fourth-order valence-corrected chi connectivity index (χ4v) is 2.25. The summed E-state index contributed by atoms with van der Waals surface area (Å²) >= 11 is 4.81. The van der Waals surface area contributed by atoms with Crippen LogP contribution >= 0.6 is 12.2 Å². The van der Waals surface area contributed by atoms with Crippen molar-refractivity contribution in [2.45, 2.75) is 25.7 Å². The number of ether oxygens (including phenoxy) is 1. The first-order chi connectivity index (χ1) is 9.18. The van der Waals surface area contributed by atoms with Gasteiger partial charge in [0.05, 0.1) is 5.69 Å². The van der Waals surface area contributed by atoms with E-state index in [2.05, 4.69) is 0 Å². The van der Waals surface area contributed by atoms with E-state index in [1.54, 1.807) is 0 Å². The minimum absolute atomic E-state index is 0.156. The number of amides is 1. The largest absolute Gasteiger partial charge is 0.484 e. The van der Waals surface area contributed by atoms with Gasteiger partial charge >= 0.3 is 0 Å². The zero-order chi connectivity index (χ0) is 13.7. The van der Waals surface area contributed by atoms with Gasteiger partial charge in [-0.05, 0) is 25.0 Å². The van der Waals surface area contributed by atoms with E-state index in [9.17, 15) is 4.79 Å². The summed E-state index contributed by atoms with van der Waals surface area (Å²) in [6, 6.07) is 7.52. The van der Waals surface area contributed by atoms with E-state index < -0.39 is 0 Å². The van der Waals surface area contributed by atoms with Gasteiger partial charge in [-0.15, -0.1) is 0 Å². The molecule has 1 aromatic carbocycles. The van der Waals surface area contributed by atoms with E-state index >= 15 is 0 Å². The molecule has 4 nitrogen and oxygen atoms in total. The summed E-state index contributed by atoms with van der Waals surface area (Å²) in [5.41, 5.74) is 6.26. The van der Waals surface area contributed by atoms with Gasteiger partial charge in [0.15, 0.2) is 0 Å². The van der Waals surface area contributed by atoms with Gasteiger partial charge in [0.25, 0.3) is 0 Å². The van der Waals surface area contributed by atoms with Crippen molar-refractivity contribution in [2.24, 2.45) is 5.73 Å². The second kappa shape index (κ2) is 6.52. The number of hydrogen-bond donors (Lipinski definition) is 1. The molecule has 0 spiro atoms. The molecule has 102 valence electrons. The van der Waals surface area contributed by atoms with Crippen LogP contribution in [0.25, 0.3) is 0 Å². The second-order valence-electron chi connectivity index (χ2n) is 4.58. The monoisotopic (exact) mass is 278 g/mol. The van der Waals surface area contributed by atoms with Gasteiger partial charge in [0, 0.05) is 13.0 Å². The Bertz CT molecular complexity index is 476. The fraction of sp³-hybridized carbons (Fsp3) is 0.429. The highest BCUT2D eigenvalue weighted by atomic mass is 32.1. The van der Waals surface area contributed by atoms with Crippen LogP contribution in [0.1, 0.15) is 25.7 Å². The Morgan fingerprint density at radius 1 is 1.32 bits per heavy atom. The number of carbonyl (C=O) groups is 1. The molecule has 1 aromatic rings. The predicted molar refractivity (Wildman–Crippen MR) is 79.5 cm³/mol. The van der Waals surface area contributed by atoms with Crippen LogP contribution < -0.4 is 15.4 Å². The smallest absolute Gasteiger partial charge is 0.227 e. The molecular weight excluding hydrogens is 260 g/mol. The van der Waals surface area contributed by atoms with Gasteiger partial charge in [0.1, 0.15) is 17.3 Å². The first kappa shape index (κ1) is 13.8. The minimum Gasteiger partial charge on any atom is -0.484 e. The summed E-state index contributed by atoms with van der Waals surface area (Å²) in [5.74, 6) is 0.814. The lowest BCUT2D eigenvalue weighted by Crippen LogP contribution is -2.30. The molecule has 0 bridgehead atoms. The van der Waals surface area contributed by atoms with Gasteiger partial charge in [0.2, 0.25) is 5.91 Å². The molecule has 0 aromatic heterocycles. The molecule has 2 N–H and O–H groups in total. The highest BCUT2D eigenvalue weighted by molar-refractivity contribution is 7.80. The van der Waals surface area contributed by atoms with Crippen LogP contribution in [0.3, 0.4) is 0 Å². The highest BCUT2D eigenvalue weighted by Gasteiger charge is 2.21. The van der Waals surface area contributed by atoms with Crippen LogP contribution in [-0.4, -0.2) is 24.0 Å². The number of para-hydroxylation sites is 2.